The van der Waals surface area contributed by atoms with Gasteiger partial charge in [-0.3, -0.25) is 9.59 Å². The summed E-state index contributed by atoms with van der Waals surface area (Å²) in [5.74, 6) is -0.00980. The van der Waals surface area contributed by atoms with Crippen LogP contribution in [-0.2, 0) is 11.3 Å². The minimum absolute atomic E-state index is 0.0351. The van der Waals surface area contributed by atoms with Gasteiger partial charge in [-0.15, -0.1) is 0 Å². The van der Waals surface area contributed by atoms with Crippen LogP contribution in [0.4, 0.5) is 0 Å². The molecule has 0 aliphatic rings. The third-order valence-corrected chi connectivity index (χ3v) is 4.01. The summed E-state index contributed by atoms with van der Waals surface area (Å²) in [5, 5.41) is 2.71. The zero-order chi connectivity index (χ0) is 17.4. The summed E-state index contributed by atoms with van der Waals surface area (Å²) >= 11 is 0. The van der Waals surface area contributed by atoms with Crippen molar-refractivity contribution < 1.29 is 14.0 Å². The summed E-state index contributed by atoms with van der Waals surface area (Å²) < 4.78 is 5.03. The molecule has 1 N–H and O–H groups in total. The highest BCUT2D eigenvalue weighted by Crippen LogP contribution is 2.12. The second kappa shape index (κ2) is 8.91. The molecule has 1 unspecified atom stereocenters. The highest BCUT2D eigenvalue weighted by molar-refractivity contribution is 5.91. The molecule has 0 fully saturated rings. The van der Waals surface area contributed by atoms with Crippen LogP contribution in [0.2, 0.25) is 0 Å². The van der Waals surface area contributed by atoms with E-state index >= 15 is 0 Å². The molecule has 24 heavy (non-hydrogen) atoms. The van der Waals surface area contributed by atoms with E-state index < -0.39 is 0 Å². The molecule has 1 aromatic carbocycles. The van der Waals surface area contributed by atoms with Crippen LogP contribution < -0.4 is 5.32 Å². The molecule has 2 aromatic rings. The van der Waals surface area contributed by atoms with Gasteiger partial charge in [0.1, 0.15) is 0 Å². The zero-order valence-corrected chi connectivity index (χ0v) is 14.2. The minimum atomic E-state index is -0.300. The first kappa shape index (κ1) is 17.8. The summed E-state index contributed by atoms with van der Waals surface area (Å²) in [5.41, 5.74) is 1.10. The van der Waals surface area contributed by atoms with Crippen molar-refractivity contribution >= 4 is 11.8 Å². The Labute approximate surface area is 142 Å². The summed E-state index contributed by atoms with van der Waals surface area (Å²) in [6.07, 6.45) is 2.60. The fourth-order valence-corrected chi connectivity index (χ4v) is 2.41. The molecule has 5 nitrogen and oxygen atoms in total. The van der Waals surface area contributed by atoms with Crippen molar-refractivity contribution in [2.24, 2.45) is 0 Å². The number of nitrogens with one attached hydrogen (secondary N) is 1. The number of benzene rings is 1. The van der Waals surface area contributed by atoms with Gasteiger partial charge in [0.2, 0.25) is 5.91 Å². The molecule has 1 heterocycles. The lowest BCUT2D eigenvalue weighted by atomic mass is 10.1. The van der Waals surface area contributed by atoms with Crippen LogP contribution in [0.5, 0.6) is 0 Å². The fraction of sp³-hybridized carbons (Fsp3) is 0.368. The van der Waals surface area contributed by atoms with E-state index in [1.165, 1.54) is 6.26 Å². The van der Waals surface area contributed by atoms with Crippen LogP contribution in [0.15, 0.2) is 53.1 Å². The molecule has 0 saturated heterocycles. The highest BCUT2D eigenvalue weighted by atomic mass is 16.3. The fourth-order valence-electron chi connectivity index (χ4n) is 2.41. The van der Waals surface area contributed by atoms with Gasteiger partial charge < -0.3 is 14.6 Å². The SMILES string of the molecule is CCC(C)N(Cc1ccccc1)C(=O)CCNC(=O)c1ccco1. The molecule has 0 saturated carbocycles. The molecule has 128 valence electrons. The Morgan fingerprint density at radius 3 is 2.54 bits per heavy atom. The number of carbonyl (C=O) groups is 2. The summed E-state index contributed by atoms with van der Waals surface area (Å²) in [6, 6.07) is 13.3. The van der Waals surface area contributed by atoms with Crippen molar-refractivity contribution in [1.29, 1.82) is 0 Å². The van der Waals surface area contributed by atoms with Crippen LogP contribution in [0.1, 0.15) is 42.8 Å². The molecular weight excluding hydrogens is 304 g/mol. The van der Waals surface area contributed by atoms with Crippen molar-refractivity contribution in [2.75, 3.05) is 6.54 Å². The Bertz CT molecular complexity index is 638. The summed E-state index contributed by atoms with van der Waals surface area (Å²) in [7, 11) is 0. The average Bonchev–Trinajstić information content (AvgIpc) is 3.14. The molecule has 1 atom stereocenters. The van der Waals surface area contributed by atoms with Gasteiger partial charge in [0.15, 0.2) is 5.76 Å². The Kier molecular flexibility index (Phi) is 6.61. The van der Waals surface area contributed by atoms with Crippen LogP contribution in [-0.4, -0.2) is 29.3 Å². The van der Waals surface area contributed by atoms with E-state index in [9.17, 15) is 9.59 Å². The maximum Gasteiger partial charge on any atom is 0.286 e. The minimum Gasteiger partial charge on any atom is -0.459 e. The van der Waals surface area contributed by atoms with E-state index in [0.29, 0.717) is 13.1 Å². The van der Waals surface area contributed by atoms with Crippen LogP contribution in [0.25, 0.3) is 0 Å². The van der Waals surface area contributed by atoms with E-state index in [0.717, 1.165) is 12.0 Å². The lowest BCUT2D eigenvalue weighted by molar-refractivity contribution is -0.133. The van der Waals surface area contributed by atoms with Crippen molar-refractivity contribution in [3.63, 3.8) is 0 Å². The predicted octanol–water partition coefficient (Wildman–Crippen LogP) is 3.23. The third kappa shape index (κ3) is 4.98. The van der Waals surface area contributed by atoms with E-state index in [-0.39, 0.29) is 30.0 Å². The monoisotopic (exact) mass is 328 g/mol. The van der Waals surface area contributed by atoms with Gasteiger partial charge in [0, 0.05) is 25.6 Å². The first-order valence-corrected chi connectivity index (χ1v) is 8.27. The van der Waals surface area contributed by atoms with E-state index in [4.69, 9.17) is 4.42 Å². The highest BCUT2D eigenvalue weighted by Gasteiger charge is 2.19. The number of nitrogens with zero attached hydrogens (tertiary/aromatic N) is 1. The standard InChI is InChI=1S/C19H24N2O3/c1-3-15(2)21(14-16-8-5-4-6-9-16)18(22)11-12-20-19(23)17-10-7-13-24-17/h4-10,13,15H,3,11-12,14H2,1-2H3,(H,20,23). The first-order chi connectivity index (χ1) is 11.6. The number of hydrogen-bond donors (Lipinski definition) is 1. The van der Waals surface area contributed by atoms with E-state index in [1.807, 2.05) is 42.2 Å². The molecule has 0 spiro atoms. The van der Waals surface area contributed by atoms with Crippen molar-refractivity contribution in [3.8, 4) is 0 Å². The Morgan fingerprint density at radius 1 is 1.17 bits per heavy atom. The molecule has 0 aliphatic carbocycles. The molecule has 0 radical (unpaired) electrons. The zero-order valence-electron chi connectivity index (χ0n) is 14.2. The summed E-state index contributed by atoms with van der Waals surface area (Å²) in [4.78, 5) is 26.2. The largest absolute Gasteiger partial charge is 0.459 e. The smallest absolute Gasteiger partial charge is 0.286 e. The van der Waals surface area contributed by atoms with Crippen molar-refractivity contribution in [3.05, 3.63) is 60.1 Å². The topological polar surface area (TPSA) is 62.6 Å². The summed E-state index contributed by atoms with van der Waals surface area (Å²) in [6.45, 7) is 4.98. The van der Waals surface area contributed by atoms with Crippen molar-refractivity contribution in [2.45, 2.75) is 39.3 Å². The normalized spacial score (nSPS) is 11.8. The Hall–Kier alpha value is -2.56. The van der Waals surface area contributed by atoms with Crippen LogP contribution >= 0.6 is 0 Å². The van der Waals surface area contributed by atoms with E-state index in [1.54, 1.807) is 12.1 Å². The van der Waals surface area contributed by atoms with Gasteiger partial charge in [-0.05, 0) is 31.0 Å². The van der Waals surface area contributed by atoms with Crippen LogP contribution in [0.3, 0.4) is 0 Å². The van der Waals surface area contributed by atoms with Crippen molar-refractivity contribution in [1.82, 2.24) is 10.2 Å². The molecule has 0 bridgehead atoms. The molecule has 5 heteroatoms. The third-order valence-electron chi connectivity index (χ3n) is 4.01. The molecule has 0 aliphatic heterocycles. The van der Waals surface area contributed by atoms with Gasteiger partial charge >= 0.3 is 0 Å². The Morgan fingerprint density at radius 2 is 1.92 bits per heavy atom. The molecular formula is C19H24N2O3. The second-order valence-electron chi connectivity index (χ2n) is 5.75. The van der Waals surface area contributed by atoms with Gasteiger partial charge in [0.05, 0.1) is 6.26 Å². The second-order valence-corrected chi connectivity index (χ2v) is 5.75. The van der Waals surface area contributed by atoms with Gasteiger partial charge in [-0.2, -0.15) is 0 Å². The van der Waals surface area contributed by atoms with Crippen LogP contribution in [0, 0.1) is 0 Å². The number of furan rings is 1. The maximum atomic E-state index is 12.6. The maximum absolute atomic E-state index is 12.6. The number of amides is 2. The predicted molar refractivity (Wildman–Crippen MR) is 92.4 cm³/mol. The first-order valence-electron chi connectivity index (χ1n) is 8.27. The molecule has 2 amide bonds. The molecule has 2 rings (SSSR count). The quantitative estimate of drug-likeness (QED) is 0.809. The number of hydrogen-bond acceptors (Lipinski definition) is 3. The van der Waals surface area contributed by atoms with Gasteiger partial charge in [-0.1, -0.05) is 37.3 Å². The lowest BCUT2D eigenvalue weighted by Crippen LogP contribution is -2.39. The average molecular weight is 328 g/mol. The van der Waals surface area contributed by atoms with Gasteiger partial charge in [0.25, 0.3) is 5.91 Å². The number of rotatable bonds is 8. The number of carbonyl (C=O) groups excluding carboxylic acids is 2. The lowest BCUT2D eigenvalue weighted by Gasteiger charge is -2.29. The molecule has 1 aromatic heterocycles. The van der Waals surface area contributed by atoms with E-state index in [2.05, 4.69) is 12.2 Å². The van der Waals surface area contributed by atoms with Gasteiger partial charge in [-0.25, -0.2) is 0 Å². The Balaban J connectivity index is 1.89.